The molecule has 15 heavy (non-hydrogen) atoms. The summed E-state index contributed by atoms with van der Waals surface area (Å²) in [4.78, 5) is 16.3. The fraction of sp³-hybridized carbons (Fsp3) is 0.917. The molecule has 2 fully saturated rings. The molecule has 2 aliphatic rings. The third-order valence-corrected chi connectivity index (χ3v) is 3.77. The molecule has 0 aromatic carbocycles. The van der Waals surface area contributed by atoms with E-state index < -0.39 is 0 Å². The summed E-state index contributed by atoms with van der Waals surface area (Å²) in [5.74, 6) is 0.331. The first-order valence-electron chi connectivity index (χ1n) is 6.24. The van der Waals surface area contributed by atoms with Crippen LogP contribution in [0.1, 0.15) is 39.5 Å². The fourth-order valence-corrected chi connectivity index (χ4v) is 2.69. The molecule has 0 N–H and O–H groups in total. The molecule has 86 valence electrons. The molecular weight excluding hydrogens is 188 g/mol. The van der Waals surface area contributed by atoms with Gasteiger partial charge >= 0.3 is 0 Å². The third-order valence-electron chi connectivity index (χ3n) is 3.77. The van der Waals surface area contributed by atoms with Gasteiger partial charge in [-0.1, -0.05) is 13.8 Å². The normalized spacial score (nSPS) is 24.5. The summed E-state index contributed by atoms with van der Waals surface area (Å²) in [5, 5.41) is 0. The van der Waals surface area contributed by atoms with E-state index in [4.69, 9.17) is 0 Å². The van der Waals surface area contributed by atoms with E-state index in [1.807, 2.05) is 6.92 Å². The van der Waals surface area contributed by atoms with Gasteiger partial charge in [0.2, 0.25) is 5.91 Å². The van der Waals surface area contributed by atoms with Gasteiger partial charge in [-0.2, -0.15) is 0 Å². The Labute approximate surface area is 92.4 Å². The lowest BCUT2D eigenvalue weighted by Gasteiger charge is -2.42. The Hall–Kier alpha value is -0.570. The van der Waals surface area contributed by atoms with Crippen LogP contribution in [0.2, 0.25) is 0 Å². The van der Waals surface area contributed by atoms with Gasteiger partial charge in [0.1, 0.15) is 0 Å². The van der Waals surface area contributed by atoms with E-state index in [9.17, 15) is 4.79 Å². The third kappa shape index (κ3) is 2.03. The van der Waals surface area contributed by atoms with Crippen molar-refractivity contribution in [3.63, 3.8) is 0 Å². The largest absolute Gasteiger partial charge is 0.340 e. The van der Waals surface area contributed by atoms with Gasteiger partial charge in [-0.05, 0) is 25.8 Å². The molecule has 1 saturated heterocycles. The average Bonchev–Trinajstić information content (AvgIpc) is 3.01. The van der Waals surface area contributed by atoms with Crippen LogP contribution >= 0.6 is 0 Å². The zero-order chi connectivity index (χ0) is 10.9. The molecule has 1 amide bonds. The van der Waals surface area contributed by atoms with Crippen LogP contribution in [0.5, 0.6) is 0 Å². The quantitative estimate of drug-likeness (QED) is 0.704. The Morgan fingerprint density at radius 1 is 1.27 bits per heavy atom. The van der Waals surface area contributed by atoms with Crippen molar-refractivity contribution in [2.75, 3.05) is 26.2 Å². The summed E-state index contributed by atoms with van der Waals surface area (Å²) in [6, 6.07) is 0. The minimum atomic E-state index is 0.331. The van der Waals surface area contributed by atoms with Crippen LogP contribution in [-0.4, -0.2) is 47.4 Å². The maximum absolute atomic E-state index is 11.7. The highest BCUT2D eigenvalue weighted by Gasteiger charge is 2.51. The van der Waals surface area contributed by atoms with E-state index in [0.717, 1.165) is 19.6 Å². The Bertz CT molecular complexity index is 248. The second kappa shape index (κ2) is 4.12. The van der Waals surface area contributed by atoms with Crippen LogP contribution in [0.4, 0.5) is 0 Å². The zero-order valence-corrected chi connectivity index (χ0v) is 9.96. The first kappa shape index (κ1) is 10.9. The number of carbonyl (C=O) groups is 1. The van der Waals surface area contributed by atoms with Gasteiger partial charge in [-0.15, -0.1) is 0 Å². The van der Waals surface area contributed by atoms with Crippen LogP contribution in [0.3, 0.4) is 0 Å². The van der Waals surface area contributed by atoms with Gasteiger partial charge in [0.25, 0.3) is 0 Å². The zero-order valence-electron chi connectivity index (χ0n) is 9.96. The molecule has 2 rings (SSSR count). The fourth-order valence-electron chi connectivity index (χ4n) is 2.69. The second-order valence-corrected chi connectivity index (χ2v) is 4.88. The molecule has 1 saturated carbocycles. The number of carbonyl (C=O) groups excluding carboxylic acids is 1. The van der Waals surface area contributed by atoms with Gasteiger partial charge in [-0.25, -0.2) is 0 Å². The van der Waals surface area contributed by atoms with Crippen LogP contribution in [-0.2, 0) is 4.79 Å². The SMILES string of the molecule is CCCN1CCN(C(=O)CC)CC12CC2. The number of rotatable bonds is 3. The van der Waals surface area contributed by atoms with E-state index in [2.05, 4.69) is 16.7 Å². The Morgan fingerprint density at radius 3 is 2.53 bits per heavy atom. The highest BCUT2D eigenvalue weighted by molar-refractivity contribution is 5.76. The van der Waals surface area contributed by atoms with E-state index in [1.165, 1.54) is 25.8 Å². The van der Waals surface area contributed by atoms with Gasteiger partial charge in [0.05, 0.1) is 0 Å². The molecule has 0 aromatic heterocycles. The predicted molar refractivity (Wildman–Crippen MR) is 60.7 cm³/mol. The van der Waals surface area contributed by atoms with E-state index in [1.54, 1.807) is 0 Å². The number of piperazine rings is 1. The summed E-state index contributed by atoms with van der Waals surface area (Å²) < 4.78 is 0. The molecule has 0 radical (unpaired) electrons. The van der Waals surface area contributed by atoms with E-state index in [0.29, 0.717) is 17.9 Å². The minimum absolute atomic E-state index is 0.331. The molecule has 3 nitrogen and oxygen atoms in total. The van der Waals surface area contributed by atoms with Crippen molar-refractivity contribution in [2.24, 2.45) is 0 Å². The summed E-state index contributed by atoms with van der Waals surface area (Å²) in [5.41, 5.74) is 0.388. The van der Waals surface area contributed by atoms with Gasteiger partial charge in [-0.3, -0.25) is 9.69 Å². The summed E-state index contributed by atoms with van der Waals surface area (Å²) in [6.45, 7) is 8.40. The Morgan fingerprint density at radius 2 is 2.00 bits per heavy atom. The highest BCUT2D eigenvalue weighted by atomic mass is 16.2. The lowest BCUT2D eigenvalue weighted by Crippen LogP contribution is -2.56. The van der Waals surface area contributed by atoms with Crippen molar-refractivity contribution in [1.29, 1.82) is 0 Å². The molecule has 0 atom stereocenters. The van der Waals surface area contributed by atoms with Gasteiger partial charge < -0.3 is 4.90 Å². The molecule has 0 bridgehead atoms. The number of nitrogens with zero attached hydrogens (tertiary/aromatic N) is 2. The van der Waals surface area contributed by atoms with Gasteiger partial charge in [0, 0.05) is 31.6 Å². The molecule has 3 heteroatoms. The van der Waals surface area contributed by atoms with Crippen molar-refractivity contribution >= 4 is 5.91 Å². The number of hydrogen-bond donors (Lipinski definition) is 0. The monoisotopic (exact) mass is 210 g/mol. The highest BCUT2D eigenvalue weighted by Crippen LogP contribution is 2.44. The minimum Gasteiger partial charge on any atom is -0.340 e. The van der Waals surface area contributed by atoms with Crippen molar-refractivity contribution in [3.05, 3.63) is 0 Å². The molecule has 1 aliphatic heterocycles. The smallest absolute Gasteiger partial charge is 0.222 e. The predicted octanol–water partition coefficient (Wildman–Crippen LogP) is 1.48. The molecule has 1 spiro atoms. The van der Waals surface area contributed by atoms with E-state index >= 15 is 0 Å². The summed E-state index contributed by atoms with van der Waals surface area (Å²) in [7, 11) is 0. The van der Waals surface area contributed by atoms with Crippen LogP contribution in [0, 0.1) is 0 Å². The van der Waals surface area contributed by atoms with Crippen molar-refractivity contribution in [3.8, 4) is 0 Å². The van der Waals surface area contributed by atoms with Crippen LogP contribution in [0.15, 0.2) is 0 Å². The summed E-state index contributed by atoms with van der Waals surface area (Å²) in [6.07, 6.45) is 4.47. The maximum atomic E-state index is 11.7. The van der Waals surface area contributed by atoms with Crippen LogP contribution < -0.4 is 0 Å². The topological polar surface area (TPSA) is 23.6 Å². The summed E-state index contributed by atoms with van der Waals surface area (Å²) >= 11 is 0. The number of amides is 1. The maximum Gasteiger partial charge on any atom is 0.222 e. The first-order chi connectivity index (χ1) is 7.22. The Kier molecular flexibility index (Phi) is 3.01. The Balaban J connectivity index is 1.96. The second-order valence-electron chi connectivity index (χ2n) is 4.88. The standard InChI is InChI=1S/C12H22N2O/c1-3-7-14-9-8-13(11(15)4-2)10-12(14)5-6-12/h3-10H2,1-2H3. The molecule has 0 aromatic rings. The van der Waals surface area contributed by atoms with E-state index in [-0.39, 0.29) is 0 Å². The average molecular weight is 210 g/mol. The van der Waals surface area contributed by atoms with Crippen molar-refractivity contribution in [2.45, 2.75) is 45.1 Å². The number of hydrogen-bond acceptors (Lipinski definition) is 2. The lowest BCUT2D eigenvalue weighted by molar-refractivity contribution is -0.134. The lowest BCUT2D eigenvalue weighted by atomic mass is 10.1. The molecule has 0 unspecified atom stereocenters. The van der Waals surface area contributed by atoms with Crippen molar-refractivity contribution in [1.82, 2.24) is 9.80 Å². The van der Waals surface area contributed by atoms with Crippen LogP contribution in [0.25, 0.3) is 0 Å². The first-order valence-corrected chi connectivity index (χ1v) is 6.24. The molecule has 1 heterocycles. The molecular formula is C12H22N2O. The molecule has 1 aliphatic carbocycles. The van der Waals surface area contributed by atoms with Gasteiger partial charge in [0.15, 0.2) is 0 Å². The van der Waals surface area contributed by atoms with Crippen molar-refractivity contribution < 1.29 is 4.79 Å².